The molecule has 0 heterocycles. The molecule has 7 aromatic rings. The number of nitrogens with two attached hydrogens (primary N) is 2. The summed E-state index contributed by atoms with van der Waals surface area (Å²) < 4.78 is 0. The Morgan fingerprint density at radius 3 is 1.00 bits per heavy atom. The third-order valence-electron chi connectivity index (χ3n) is 8.60. The smallest absolute Gasteiger partial charge is 0.0320 e. The Bertz CT molecular complexity index is 2040. The van der Waals surface area contributed by atoms with E-state index in [1.807, 2.05) is 24.3 Å². The molecule has 0 unspecified atom stereocenters. The molecular weight excluding hydrogens is 581 g/mol. The van der Waals surface area contributed by atoms with E-state index in [0.29, 0.717) is 0 Å². The molecule has 2 heteroatoms. The molecule has 7 rings (SSSR count). The SMILES string of the molecule is Nc1ccc(C=C(c2ccccc2)c2ccc(C(=Cc3ccc(N)cc3-c3ccccc3)c3ccccc3)cc2)c(-c2ccccc2)c1. The normalized spacial score (nSPS) is 11.8. The van der Waals surface area contributed by atoms with Crippen molar-refractivity contribution >= 4 is 34.7 Å². The summed E-state index contributed by atoms with van der Waals surface area (Å²) in [5, 5.41) is 0. The molecule has 0 saturated carbocycles. The summed E-state index contributed by atoms with van der Waals surface area (Å²) >= 11 is 0. The number of anilines is 2. The van der Waals surface area contributed by atoms with Crippen molar-refractivity contribution in [1.82, 2.24) is 0 Å². The predicted molar refractivity (Wildman–Crippen MR) is 206 cm³/mol. The summed E-state index contributed by atoms with van der Waals surface area (Å²) in [5.41, 5.74) is 27.6. The van der Waals surface area contributed by atoms with Crippen LogP contribution in [0.5, 0.6) is 0 Å². The maximum Gasteiger partial charge on any atom is 0.0320 e. The van der Waals surface area contributed by atoms with Gasteiger partial charge in [0, 0.05) is 11.4 Å². The third kappa shape index (κ3) is 6.74. The summed E-state index contributed by atoms with van der Waals surface area (Å²) in [6.45, 7) is 0. The molecule has 0 spiro atoms. The Kier molecular flexibility index (Phi) is 8.80. The van der Waals surface area contributed by atoms with Crippen LogP contribution in [0.1, 0.15) is 33.4 Å². The van der Waals surface area contributed by atoms with Gasteiger partial charge in [0.25, 0.3) is 0 Å². The molecule has 0 saturated heterocycles. The summed E-state index contributed by atoms with van der Waals surface area (Å²) in [6, 6.07) is 63.2. The number of nitrogen functional groups attached to an aromatic ring is 2. The van der Waals surface area contributed by atoms with Crippen molar-refractivity contribution < 1.29 is 0 Å². The van der Waals surface area contributed by atoms with E-state index >= 15 is 0 Å². The average molecular weight is 617 g/mol. The van der Waals surface area contributed by atoms with Crippen LogP contribution in [0.3, 0.4) is 0 Å². The van der Waals surface area contributed by atoms with Crippen LogP contribution in [0, 0.1) is 0 Å². The molecule has 0 aromatic heterocycles. The van der Waals surface area contributed by atoms with Crippen LogP contribution in [0.25, 0.3) is 45.6 Å². The lowest BCUT2D eigenvalue weighted by molar-refractivity contribution is 1.51. The number of hydrogen-bond acceptors (Lipinski definition) is 2. The maximum absolute atomic E-state index is 6.28. The van der Waals surface area contributed by atoms with Crippen molar-refractivity contribution in [3.63, 3.8) is 0 Å². The van der Waals surface area contributed by atoms with E-state index in [1.54, 1.807) is 0 Å². The van der Waals surface area contributed by atoms with Crippen LogP contribution in [-0.2, 0) is 0 Å². The highest BCUT2D eigenvalue weighted by atomic mass is 14.5. The van der Waals surface area contributed by atoms with Crippen molar-refractivity contribution in [2.75, 3.05) is 11.5 Å². The molecular formula is C46H36N2. The van der Waals surface area contributed by atoms with Gasteiger partial charge in [0.15, 0.2) is 0 Å². The summed E-state index contributed by atoms with van der Waals surface area (Å²) in [5.74, 6) is 0. The zero-order chi connectivity index (χ0) is 32.7. The van der Waals surface area contributed by atoms with Gasteiger partial charge in [0.1, 0.15) is 0 Å². The second kappa shape index (κ2) is 13.9. The van der Waals surface area contributed by atoms with Gasteiger partial charge in [-0.1, -0.05) is 158 Å². The molecule has 2 nitrogen and oxygen atoms in total. The minimum absolute atomic E-state index is 0.744. The Morgan fingerprint density at radius 2 is 0.646 bits per heavy atom. The van der Waals surface area contributed by atoms with Gasteiger partial charge in [0.05, 0.1) is 0 Å². The van der Waals surface area contributed by atoms with E-state index in [9.17, 15) is 0 Å². The molecule has 0 bridgehead atoms. The van der Waals surface area contributed by atoms with Crippen molar-refractivity contribution in [2.24, 2.45) is 0 Å². The molecule has 0 aliphatic heterocycles. The molecule has 0 atom stereocenters. The van der Waals surface area contributed by atoms with Gasteiger partial charge in [-0.05, 0) is 103 Å². The lowest BCUT2D eigenvalue weighted by Crippen LogP contribution is -1.94. The first-order valence-electron chi connectivity index (χ1n) is 16.2. The highest BCUT2D eigenvalue weighted by Gasteiger charge is 2.13. The largest absolute Gasteiger partial charge is 0.399 e. The molecule has 7 aromatic carbocycles. The predicted octanol–water partition coefficient (Wildman–Crippen LogP) is 11.4. The van der Waals surface area contributed by atoms with Crippen LogP contribution in [0.4, 0.5) is 11.4 Å². The van der Waals surface area contributed by atoms with Crippen LogP contribution in [0.2, 0.25) is 0 Å². The molecule has 0 radical (unpaired) electrons. The lowest BCUT2D eigenvalue weighted by Gasteiger charge is -2.15. The van der Waals surface area contributed by atoms with E-state index in [2.05, 4.69) is 170 Å². The van der Waals surface area contributed by atoms with Gasteiger partial charge in [-0.15, -0.1) is 0 Å². The minimum atomic E-state index is 0.744. The Labute approximate surface area is 283 Å². The monoisotopic (exact) mass is 616 g/mol. The van der Waals surface area contributed by atoms with Gasteiger partial charge in [-0.3, -0.25) is 0 Å². The average Bonchev–Trinajstić information content (AvgIpc) is 3.15. The standard InChI is InChI=1S/C46H36N2/c47-41-27-25-39(45(31-41)35-17-9-3-10-18-35)29-43(33-13-5-1-6-14-33)37-21-23-38(24-22-37)44(34-15-7-2-8-16-34)30-40-26-28-42(48)32-46(40)36-19-11-4-12-20-36/h1-32H,47-48H2. The fraction of sp³-hybridized carbons (Fsp3) is 0. The fourth-order valence-electron chi connectivity index (χ4n) is 6.18. The van der Waals surface area contributed by atoms with Crippen molar-refractivity contribution in [1.29, 1.82) is 0 Å². The Balaban J connectivity index is 1.35. The fourth-order valence-corrected chi connectivity index (χ4v) is 6.18. The molecule has 0 amide bonds. The lowest BCUT2D eigenvalue weighted by atomic mass is 9.89. The molecule has 230 valence electrons. The van der Waals surface area contributed by atoms with Crippen LogP contribution in [-0.4, -0.2) is 0 Å². The first kappa shape index (κ1) is 30.3. The highest BCUT2D eigenvalue weighted by Crippen LogP contribution is 2.35. The van der Waals surface area contributed by atoms with Gasteiger partial charge in [-0.2, -0.15) is 0 Å². The van der Waals surface area contributed by atoms with Crippen molar-refractivity contribution in [3.05, 3.63) is 215 Å². The first-order chi connectivity index (χ1) is 23.6. The number of benzene rings is 7. The number of hydrogen-bond donors (Lipinski definition) is 2. The molecule has 0 aliphatic rings. The Morgan fingerprint density at radius 1 is 0.333 bits per heavy atom. The van der Waals surface area contributed by atoms with Crippen LogP contribution >= 0.6 is 0 Å². The number of rotatable bonds is 8. The van der Waals surface area contributed by atoms with E-state index in [4.69, 9.17) is 11.5 Å². The van der Waals surface area contributed by atoms with Crippen molar-refractivity contribution in [3.8, 4) is 22.3 Å². The van der Waals surface area contributed by atoms with E-state index < -0.39 is 0 Å². The van der Waals surface area contributed by atoms with Crippen molar-refractivity contribution in [2.45, 2.75) is 0 Å². The van der Waals surface area contributed by atoms with Gasteiger partial charge in [-0.25, -0.2) is 0 Å². The van der Waals surface area contributed by atoms with E-state index in [-0.39, 0.29) is 0 Å². The topological polar surface area (TPSA) is 52.0 Å². The summed E-state index contributed by atoms with van der Waals surface area (Å²) in [6.07, 6.45) is 4.56. The van der Waals surface area contributed by atoms with E-state index in [1.165, 1.54) is 0 Å². The molecule has 0 aliphatic carbocycles. The third-order valence-corrected chi connectivity index (χ3v) is 8.60. The maximum atomic E-state index is 6.28. The molecule has 4 N–H and O–H groups in total. The molecule has 48 heavy (non-hydrogen) atoms. The first-order valence-corrected chi connectivity index (χ1v) is 16.2. The minimum Gasteiger partial charge on any atom is -0.399 e. The Hall–Kier alpha value is -6.38. The zero-order valence-electron chi connectivity index (χ0n) is 26.6. The van der Waals surface area contributed by atoms with Gasteiger partial charge >= 0.3 is 0 Å². The summed E-state index contributed by atoms with van der Waals surface area (Å²) in [4.78, 5) is 0. The van der Waals surface area contributed by atoms with E-state index in [0.717, 1.165) is 78.2 Å². The molecule has 0 fully saturated rings. The second-order valence-corrected chi connectivity index (χ2v) is 11.9. The van der Waals surface area contributed by atoms with Crippen LogP contribution in [0.15, 0.2) is 182 Å². The van der Waals surface area contributed by atoms with Gasteiger partial charge in [0.2, 0.25) is 0 Å². The second-order valence-electron chi connectivity index (χ2n) is 11.9. The van der Waals surface area contributed by atoms with Gasteiger partial charge < -0.3 is 11.5 Å². The summed E-state index contributed by atoms with van der Waals surface area (Å²) in [7, 11) is 0. The quantitative estimate of drug-likeness (QED) is 0.132. The van der Waals surface area contributed by atoms with Crippen LogP contribution < -0.4 is 11.5 Å². The zero-order valence-corrected chi connectivity index (χ0v) is 26.6. The highest BCUT2D eigenvalue weighted by molar-refractivity contribution is 5.97.